The fraction of sp³-hybridized carbons (Fsp3) is 0.346. The lowest BCUT2D eigenvalue weighted by Gasteiger charge is -2.18. The van der Waals surface area contributed by atoms with E-state index in [1.54, 1.807) is 0 Å². The van der Waals surface area contributed by atoms with Crippen LogP contribution >= 0.6 is 12.4 Å². The van der Waals surface area contributed by atoms with Gasteiger partial charge in [0, 0.05) is 24.2 Å². The summed E-state index contributed by atoms with van der Waals surface area (Å²) in [5.41, 5.74) is 5.70. The minimum atomic E-state index is -3.07. The predicted molar refractivity (Wildman–Crippen MR) is 137 cm³/mol. The summed E-state index contributed by atoms with van der Waals surface area (Å²) in [7, 11) is 1.29. The number of ether oxygens (including phenoxy) is 2. The number of hydrogen-bond acceptors (Lipinski definition) is 7. The Hall–Kier alpha value is -3.84. The van der Waals surface area contributed by atoms with E-state index >= 15 is 0 Å². The quantitative estimate of drug-likeness (QED) is 0.279. The molecule has 0 aliphatic heterocycles. The highest BCUT2D eigenvalue weighted by Gasteiger charge is 2.30. The lowest BCUT2D eigenvalue weighted by molar-refractivity contribution is -0.122. The molecule has 1 heterocycles. The number of oxazole rings is 1. The number of aromatic nitrogens is 1. The van der Waals surface area contributed by atoms with Crippen LogP contribution in [-0.2, 0) is 4.79 Å². The Morgan fingerprint density at radius 3 is 2.48 bits per heavy atom. The van der Waals surface area contributed by atoms with Gasteiger partial charge >= 0.3 is 6.61 Å². The van der Waals surface area contributed by atoms with Crippen LogP contribution in [0.3, 0.4) is 0 Å². The van der Waals surface area contributed by atoms with Crippen LogP contribution < -0.4 is 25.8 Å². The fourth-order valence-electron chi connectivity index (χ4n) is 3.73. The average Bonchev–Trinajstić information content (AvgIpc) is 3.61. The number of nitrogens with two attached hydrogens (primary N) is 1. The molecule has 1 saturated carbocycles. The van der Waals surface area contributed by atoms with Gasteiger partial charge in [-0.1, -0.05) is 6.07 Å². The zero-order valence-electron chi connectivity index (χ0n) is 21.4. The van der Waals surface area contributed by atoms with Gasteiger partial charge in [-0.2, -0.15) is 8.78 Å². The van der Waals surface area contributed by atoms with Crippen molar-refractivity contribution in [3.05, 3.63) is 65.1 Å². The molecule has 1 aliphatic rings. The van der Waals surface area contributed by atoms with Crippen molar-refractivity contribution in [1.29, 1.82) is 0 Å². The van der Waals surface area contributed by atoms with E-state index in [4.69, 9.17) is 14.9 Å². The van der Waals surface area contributed by atoms with Crippen LogP contribution in [0.2, 0.25) is 0 Å². The monoisotopic (exact) mass is 586 g/mol. The number of nitrogens with one attached hydrogen (secondary N) is 2. The highest BCUT2D eigenvalue weighted by atomic mass is 35.5. The standard InChI is InChI=1S/C26H26F4N4O5.ClH/c1-12(31)22-21(24(36)33-20(23(35)32-2)16-7-6-15(27)10-17(16)28)34-25(39-22)14-5-8-18(38-26(29)30)19(9-14)37-11-13-3-4-13;/h5-10,12-13,20,26H,3-4,11,31H2,1-2H3,(H,32,35)(H,33,36);1H/t12-,20+;/m0./s1. The number of likely N-dealkylation sites (N-methyl/N-ethyl adjacent to an activating group) is 1. The number of carbonyl (C=O) groups excluding carboxylic acids is 2. The van der Waals surface area contributed by atoms with Crippen molar-refractivity contribution in [3.8, 4) is 23.0 Å². The highest BCUT2D eigenvalue weighted by molar-refractivity contribution is 5.97. The summed E-state index contributed by atoms with van der Waals surface area (Å²) in [6.45, 7) is -1.23. The van der Waals surface area contributed by atoms with Crippen LogP contribution in [0.1, 0.15) is 53.7 Å². The lowest BCUT2D eigenvalue weighted by Crippen LogP contribution is -2.40. The van der Waals surface area contributed by atoms with Crippen LogP contribution in [0, 0.1) is 17.6 Å². The van der Waals surface area contributed by atoms with Crippen molar-refractivity contribution >= 4 is 24.2 Å². The third-order valence-electron chi connectivity index (χ3n) is 5.92. The number of nitrogens with zero attached hydrogens (tertiary/aromatic N) is 1. The maximum Gasteiger partial charge on any atom is 0.387 e. The van der Waals surface area contributed by atoms with Crippen molar-refractivity contribution in [3.63, 3.8) is 0 Å². The van der Waals surface area contributed by atoms with E-state index in [0.717, 1.165) is 25.0 Å². The Morgan fingerprint density at radius 2 is 1.88 bits per heavy atom. The molecule has 0 radical (unpaired) electrons. The molecular weight excluding hydrogens is 560 g/mol. The number of halogens is 5. The molecule has 216 valence electrons. The van der Waals surface area contributed by atoms with E-state index in [1.807, 2.05) is 0 Å². The fourth-order valence-corrected chi connectivity index (χ4v) is 3.73. The van der Waals surface area contributed by atoms with Crippen molar-refractivity contribution in [2.75, 3.05) is 13.7 Å². The van der Waals surface area contributed by atoms with Crippen molar-refractivity contribution in [2.24, 2.45) is 11.7 Å². The van der Waals surface area contributed by atoms with Gasteiger partial charge in [0.05, 0.1) is 12.6 Å². The van der Waals surface area contributed by atoms with E-state index in [9.17, 15) is 27.2 Å². The van der Waals surface area contributed by atoms with E-state index in [1.165, 1.54) is 32.2 Å². The van der Waals surface area contributed by atoms with Crippen LogP contribution in [0.4, 0.5) is 17.6 Å². The van der Waals surface area contributed by atoms with Crippen LogP contribution in [0.5, 0.6) is 11.5 Å². The van der Waals surface area contributed by atoms with Gasteiger partial charge in [-0.25, -0.2) is 13.8 Å². The molecule has 0 unspecified atom stereocenters. The SMILES string of the molecule is CNC(=O)[C@H](NC(=O)c1nc(-c2ccc(OC(F)F)c(OCC3CC3)c2)oc1[C@H](C)N)c1ccc(F)cc1F.Cl. The number of carbonyl (C=O) groups is 2. The summed E-state index contributed by atoms with van der Waals surface area (Å²) in [6, 6.07) is 4.25. The molecule has 0 bridgehead atoms. The third-order valence-corrected chi connectivity index (χ3v) is 5.92. The first-order valence-electron chi connectivity index (χ1n) is 12.0. The number of hydrogen-bond donors (Lipinski definition) is 3. The van der Waals surface area contributed by atoms with Crippen LogP contribution in [0.25, 0.3) is 11.5 Å². The number of rotatable bonds is 11. The minimum Gasteiger partial charge on any atom is -0.489 e. The Bertz CT molecular complexity index is 1370. The topological polar surface area (TPSA) is 129 Å². The Morgan fingerprint density at radius 1 is 1.15 bits per heavy atom. The molecule has 2 amide bonds. The molecule has 14 heteroatoms. The molecule has 9 nitrogen and oxygen atoms in total. The molecule has 2 atom stereocenters. The van der Waals surface area contributed by atoms with Gasteiger partial charge in [0.25, 0.3) is 5.91 Å². The van der Waals surface area contributed by atoms with Gasteiger partial charge in [0.1, 0.15) is 17.7 Å². The second-order valence-electron chi connectivity index (χ2n) is 9.00. The van der Waals surface area contributed by atoms with E-state index in [2.05, 4.69) is 20.4 Å². The third kappa shape index (κ3) is 7.21. The molecule has 40 heavy (non-hydrogen) atoms. The van der Waals surface area contributed by atoms with Crippen LogP contribution in [-0.4, -0.2) is 37.1 Å². The number of amides is 2. The second kappa shape index (κ2) is 13.0. The summed E-state index contributed by atoms with van der Waals surface area (Å²) < 4.78 is 69.6. The summed E-state index contributed by atoms with van der Waals surface area (Å²) in [4.78, 5) is 29.9. The molecule has 1 fully saturated rings. The summed E-state index contributed by atoms with van der Waals surface area (Å²) in [5.74, 6) is -3.54. The van der Waals surface area contributed by atoms with Gasteiger partial charge in [0.2, 0.25) is 11.8 Å². The summed E-state index contributed by atoms with van der Waals surface area (Å²) >= 11 is 0. The molecule has 2 aromatic carbocycles. The first-order valence-corrected chi connectivity index (χ1v) is 12.0. The molecule has 3 aromatic rings. The predicted octanol–water partition coefficient (Wildman–Crippen LogP) is 4.67. The van der Waals surface area contributed by atoms with Gasteiger partial charge in [-0.3, -0.25) is 9.59 Å². The van der Waals surface area contributed by atoms with E-state index in [-0.39, 0.29) is 52.4 Å². The first-order chi connectivity index (χ1) is 18.6. The molecule has 4 rings (SSSR count). The maximum atomic E-state index is 14.5. The van der Waals surface area contributed by atoms with Crippen molar-refractivity contribution in [1.82, 2.24) is 15.6 Å². The molecule has 1 aliphatic carbocycles. The normalized spacial score (nSPS) is 14.2. The van der Waals surface area contributed by atoms with E-state index < -0.39 is 42.1 Å². The number of alkyl halides is 2. The van der Waals surface area contributed by atoms with Gasteiger partial charge in [0.15, 0.2) is 23.0 Å². The zero-order valence-corrected chi connectivity index (χ0v) is 22.2. The summed E-state index contributed by atoms with van der Waals surface area (Å²) in [6.07, 6.45) is 1.94. The van der Waals surface area contributed by atoms with Crippen LogP contribution in [0.15, 0.2) is 40.8 Å². The molecule has 4 N–H and O–H groups in total. The van der Waals surface area contributed by atoms with E-state index in [0.29, 0.717) is 18.6 Å². The van der Waals surface area contributed by atoms with Gasteiger partial charge in [-0.15, -0.1) is 12.4 Å². The highest BCUT2D eigenvalue weighted by Crippen LogP contribution is 2.37. The molecular formula is C26H27ClF4N4O5. The van der Waals surface area contributed by atoms with Gasteiger partial charge < -0.3 is 30.3 Å². The number of benzene rings is 2. The Labute approximate surface area is 232 Å². The molecule has 1 aromatic heterocycles. The van der Waals surface area contributed by atoms with Crippen molar-refractivity contribution in [2.45, 2.75) is 38.5 Å². The zero-order chi connectivity index (χ0) is 28.3. The van der Waals surface area contributed by atoms with Gasteiger partial charge in [-0.05, 0) is 49.9 Å². The Kier molecular flexibility index (Phi) is 9.98. The minimum absolute atomic E-state index is 0. The molecule has 0 spiro atoms. The van der Waals surface area contributed by atoms with Crippen molar-refractivity contribution < 1.29 is 41.0 Å². The average molecular weight is 587 g/mol. The smallest absolute Gasteiger partial charge is 0.387 e. The Balaban J connectivity index is 0.00000441. The summed E-state index contributed by atoms with van der Waals surface area (Å²) in [5, 5.41) is 4.70. The molecule has 0 saturated heterocycles. The lowest BCUT2D eigenvalue weighted by atomic mass is 10.0. The largest absolute Gasteiger partial charge is 0.489 e. The maximum absolute atomic E-state index is 14.5. The second-order valence-corrected chi connectivity index (χ2v) is 9.00. The first kappa shape index (κ1) is 30.7.